The van der Waals surface area contributed by atoms with E-state index in [0.717, 1.165) is 10.5 Å². The number of imide groups is 1. The van der Waals surface area contributed by atoms with E-state index in [9.17, 15) is 22.8 Å². The van der Waals surface area contributed by atoms with Crippen LogP contribution < -0.4 is 10.0 Å². The maximum absolute atomic E-state index is 13.3. The van der Waals surface area contributed by atoms with Crippen molar-refractivity contribution in [2.24, 2.45) is 5.14 Å². The van der Waals surface area contributed by atoms with Crippen LogP contribution in [0.5, 0.6) is 0 Å². The number of nitrogens with two attached hydrogens (primary N) is 1. The van der Waals surface area contributed by atoms with Crippen molar-refractivity contribution >= 4 is 45.0 Å². The van der Waals surface area contributed by atoms with Gasteiger partial charge in [-0.2, -0.15) is 0 Å². The molecule has 3 aromatic rings. The van der Waals surface area contributed by atoms with Gasteiger partial charge in [0.1, 0.15) is 6.04 Å². The Morgan fingerprint density at radius 3 is 2.35 bits per heavy atom. The molecule has 0 saturated carbocycles. The summed E-state index contributed by atoms with van der Waals surface area (Å²) in [5, 5.41) is 5.59. The van der Waals surface area contributed by atoms with E-state index >= 15 is 0 Å². The smallest absolute Gasteiger partial charge is 0.290 e. The summed E-state index contributed by atoms with van der Waals surface area (Å²) in [5.41, 5.74) is 1.09. The molecule has 34 heavy (non-hydrogen) atoms. The maximum atomic E-state index is 13.3. The van der Waals surface area contributed by atoms with Crippen molar-refractivity contribution in [2.75, 3.05) is 11.4 Å². The SMILES string of the molecule is NS(=O)(=O)c1ccc(CCN(C(=O)c2ccco2)C2CC(=O)N(c3ccc(Cl)cc3)C2=O)cc1. The van der Waals surface area contributed by atoms with Gasteiger partial charge in [-0.3, -0.25) is 14.4 Å². The quantitative estimate of drug-likeness (QED) is 0.495. The first-order chi connectivity index (χ1) is 16.1. The van der Waals surface area contributed by atoms with E-state index in [1.54, 1.807) is 42.5 Å². The molecule has 176 valence electrons. The van der Waals surface area contributed by atoms with Crippen LogP contribution >= 0.6 is 11.6 Å². The minimum Gasteiger partial charge on any atom is -0.459 e. The molecule has 2 aromatic carbocycles. The number of carbonyl (C=O) groups excluding carboxylic acids is 3. The summed E-state index contributed by atoms with van der Waals surface area (Å²) in [6.07, 6.45) is 1.47. The van der Waals surface area contributed by atoms with Gasteiger partial charge in [-0.1, -0.05) is 23.7 Å². The Hall–Kier alpha value is -3.47. The van der Waals surface area contributed by atoms with E-state index < -0.39 is 33.8 Å². The minimum absolute atomic E-state index is 0.0325. The molecule has 0 spiro atoms. The molecule has 9 nitrogen and oxygen atoms in total. The van der Waals surface area contributed by atoms with Crippen LogP contribution in [0.3, 0.4) is 0 Å². The Morgan fingerprint density at radius 1 is 1.09 bits per heavy atom. The zero-order chi connectivity index (χ0) is 24.5. The van der Waals surface area contributed by atoms with Crippen molar-refractivity contribution in [1.82, 2.24) is 4.90 Å². The monoisotopic (exact) mass is 501 g/mol. The molecule has 1 saturated heterocycles. The molecule has 11 heteroatoms. The molecule has 0 aliphatic carbocycles. The number of carbonyl (C=O) groups is 3. The van der Waals surface area contributed by atoms with E-state index in [1.165, 1.54) is 29.4 Å². The molecule has 1 aromatic heterocycles. The molecule has 0 bridgehead atoms. The number of rotatable bonds is 7. The summed E-state index contributed by atoms with van der Waals surface area (Å²) in [5.74, 6) is -1.46. The van der Waals surface area contributed by atoms with Gasteiger partial charge in [0, 0.05) is 11.6 Å². The van der Waals surface area contributed by atoms with Gasteiger partial charge in [0.05, 0.1) is 23.3 Å². The van der Waals surface area contributed by atoms with E-state index in [1.807, 2.05) is 0 Å². The molecule has 2 N–H and O–H groups in total. The van der Waals surface area contributed by atoms with Crippen LogP contribution in [0, 0.1) is 0 Å². The van der Waals surface area contributed by atoms with Crippen LogP contribution in [-0.2, 0) is 26.0 Å². The number of amides is 3. The maximum Gasteiger partial charge on any atom is 0.290 e. The minimum atomic E-state index is -3.83. The predicted molar refractivity (Wildman–Crippen MR) is 124 cm³/mol. The Morgan fingerprint density at radius 2 is 1.76 bits per heavy atom. The number of furan rings is 1. The van der Waals surface area contributed by atoms with Crippen LogP contribution in [0.1, 0.15) is 22.5 Å². The van der Waals surface area contributed by atoms with Gasteiger partial charge in [0.25, 0.3) is 11.8 Å². The van der Waals surface area contributed by atoms with Crippen molar-refractivity contribution in [2.45, 2.75) is 23.8 Å². The van der Waals surface area contributed by atoms with Gasteiger partial charge in [0.2, 0.25) is 15.9 Å². The number of anilines is 1. The molecule has 1 aliphatic rings. The first-order valence-corrected chi connectivity index (χ1v) is 12.2. The lowest BCUT2D eigenvalue weighted by molar-refractivity contribution is -0.122. The summed E-state index contributed by atoms with van der Waals surface area (Å²) in [6, 6.07) is 14.2. The van der Waals surface area contributed by atoms with Crippen LogP contribution in [-0.4, -0.2) is 43.6 Å². The fraction of sp³-hybridized carbons (Fsp3) is 0.174. The fourth-order valence-corrected chi connectivity index (χ4v) is 4.40. The van der Waals surface area contributed by atoms with E-state index in [-0.39, 0.29) is 23.6 Å². The number of nitrogens with zero attached hydrogens (tertiary/aromatic N) is 2. The predicted octanol–water partition coefficient (Wildman–Crippen LogP) is 2.60. The van der Waals surface area contributed by atoms with E-state index in [2.05, 4.69) is 0 Å². The largest absolute Gasteiger partial charge is 0.459 e. The second-order valence-electron chi connectivity index (χ2n) is 7.68. The topological polar surface area (TPSA) is 131 Å². The summed E-state index contributed by atoms with van der Waals surface area (Å²) in [4.78, 5) is 41.5. The number of benzene rings is 2. The third-order valence-corrected chi connectivity index (χ3v) is 6.65. The van der Waals surface area contributed by atoms with Crippen LogP contribution in [0.25, 0.3) is 0 Å². The number of hydrogen-bond acceptors (Lipinski definition) is 6. The molecule has 3 amide bonds. The first-order valence-electron chi connectivity index (χ1n) is 10.2. The van der Waals surface area contributed by atoms with Crippen molar-refractivity contribution in [3.63, 3.8) is 0 Å². The van der Waals surface area contributed by atoms with E-state index in [4.69, 9.17) is 21.2 Å². The molecular formula is C23H20ClN3O6S. The lowest BCUT2D eigenvalue weighted by Crippen LogP contribution is -2.46. The molecule has 1 aliphatic heterocycles. The molecule has 0 radical (unpaired) electrons. The molecule has 1 fully saturated rings. The van der Waals surface area contributed by atoms with E-state index in [0.29, 0.717) is 17.1 Å². The summed E-state index contributed by atoms with van der Waals surface area (Å²) >= 11 is 5.91. The second-order valence-corrected chi connectivity index (χ2v) is 9.68. The zero-order valence-corrected chi connectivity index (χ0v) is 19.3. The van der Waals surface area contributed by atoms with Crippen LogP contribution in [0.4, 0.5) is 5.69 Å². The van der Waals surface area contributed by atoms with Gasteiger partial charge >= 0.3 is 0 Å². The number of hydrogen-bond donors (Lipinski definition) is 1. The van der Waals surface area contributed by atoms with Gasteiger partial charge in [0.15, 0.2) is 5.76 Å². The van der Waals surface area contributed by atoms with Crippen molar-refractivity contribution < 1.29 is 27.2 Å². The van der Waals surface area contributed by atoms with Crippen molar-refractivity contribution in [1.29, 1.82) is 0 Å². The number of primary sulfonamides is 1. The Bertz CT molecular complexity index is 1320. The first kappa shape index (κ1) is 23.7. The molecule has 1 atom stereocenters. The van der Waals surface area contributed by atoms with Crippen LogP contribution in [0.2, 0.25) is 5.02 Å². The zero-order valence-electron chi connectivity index (χ0n) is 17.8. The highest BCUT2D eigenvalue weighted by Crippen LogP contribution is 2.28. The highest BCUT2D eigenvalue weighted by Gasteiger charge is 2.44. The van der Waals surface area contributed by atoms with Gasteiger partial charge in [-0.05, 0) is 60.5 Å². The van der Waals surface area contributed by atoms with Crippen molar-refractivity contribution in [3.05, 3.63) is 83.3 Å². The summed E-state index contributed by atoms with van der Waals surface area (Å²) in [6.45, 7) is 0.0897. The molecule has 4 rings (SSSR count). The van der Waals surface area contributed by atoms with Crippen molar-refractivity contribution in [3.8, 4) is 0 Å². The van der Waals surface area contributed by atoms with Gasteiger partial charge in [-0.15, -0.1) is 0 Å². The third kappa shape index (κ3) is 4.89. The summed E-state index contributed by atoms with van der Waals surface area (Å²) < 4.78 is 28.2. The third-order valence-electron chi connectivity index (χ3n) is 5.47. The standard InChI is InChI=1S/C23H20ClN3O6S/c24-16-5-7-17(8-6-16)27-21(28)14-19(22(27)29)26(23(30)20-2-1-13-33-20)12-11-15-3-9-18(10-4-15)34(25,31)32/h1-10,13,19H,11-12,14H2,(H2,25,31,32). The number of sulfonamides is 1. The molecular weight excluding hydrogens is 482 g/mol. The normalized spacial score (nSPS) is 16.2. The lowest BCUT2D eigenvalue weighted by Gasteiger charge is -2.27. The van der Waals surface area contributed by atoms with Gasteiger partial charge < -0.3 is 9.32 Å². The fourth-order valence-electron chi connectivity index (χ4n) is 3.76. The van der Waals surface area contributed by atoms with Gasteiger partial charge in [-0.25, -0.2) is 18.5 Å². The molecule has 2 heterocycles. The highest BCUT2D eigenvalue weighted by molar-refractivity contribution is 7.89. The average Bonchev–Trinajstić information content (AvgIpc) is 3.43. The number of halogens is 1. The summed E-state index contributed by atoms with van der Waals surface area (Å²) in [7, 11) is -3.83. The lowest BCUT2D eigenvalue weighted by atomic mass is 10.1. The molecule has 1 unspecified atom stereocenters. The second kappa shape index (κ2) is 9.41. The average molecular weight is 502 g/mol. The Kier molecular flexibility index (Phi) is 6.56. The Labute approximate surface area is 200 Å². The Balaban J connectivity index is 1.59. The highest BCUT2D eigenvalue weighted by atomic mass is 35.5. The van der Waals surface area contributed by atoms with Crippen LogP contribution in [0.15, 0.2) is 76.2 Å².